The molecular formula is C15H13N3O4. The average molecular weight is 299 g/mol. The van der Waals surface area contributed by atoms with Crippen LogP contribution in [-0.2, 0) is 4.74 Å². The van der Waals surface area contributed by atoms with Gasteiger partial charge in [0.2, 0.25) is 0 Å². The SMILES string of the molecule is COC(=O)c1cccc(C(=O)NNC(=O)c2ccccc2)n1. The summed E-state index contributed by atoms with van der Waals surface area (Å²) < 4.78 is 4.52. The molecule has 2 rings (SSSR count). The van der Waals surface area contributed by atoms with Crippen molar-refractivity contribution in [1.82, 2.24) is 15.8 Å². The van der Waals surface area contributed by atoms with Crippen LogP contribution in [0, 0.1) is 0 Å². The highest BCUT2D eigenvalue weighted by atomic mass is 16.5. The van der Waals surface area contributed by atoms with Crippen molar-refractivity contribution in [1.29, 1.82) is 0 Å². The summed E-state index contributed by atoms with van der Waals surface area (Å²) in [4.78, 5) is 38.9. The molecule has 2 N–H and O–H groups in total. The van der Waals surface area contributed by atoms with E-state index in [1.807, 2.05) is 0 Å². The van der Waals surface area contributed by atoms with Crippen LogP contribution in [0.1, 0.15) is 31.3 Å². The van der Waals surface area contributed by atoms with E-state index in [2.05, 4.69) is 20.6 Å². The number of hydrazine groups is 1. The van der Waals surface area contributed by atoms with E-state index in [-0.39, 0.29) is 11.4 Å². The van der Waals surface area contributed by atoms with Crippen LogP contribution in [0.25, 0.3) is 0 Å². The number of esters is 1. The van der Waals surface area contributed by atoms with Crippen molar-refractivity contribution in [2.75, 3.05) is 7.11 Å². The molecule has 0 unspecified atom stereocenters. The maximum Gasteiger partial charge on any atom is 0.356 e. The topological polar surface area (TPSA) is 97.4 Å². The maximum atomic E-state index is 11.9. The van der Waals surface area contributed by atoms with Crippen molar-refractivity contribution in [3.05, 3.63) is 65.5 Å². The largest absolute Gasteiger partial charge is 0.464 e. The lowest BCUT2D eigenvalue weighted by Gasteiger charge is -2.07. The number of pyridine rings is 1. The lowest BCUT2D eigenvalue weighted by Crippen LogP contribution is -2.42. The number of hydrogen-bond acceptors (Lipinski definition) is 5. The summed E-state index contributed by atoms with van der Waals surface area (Å²) >= 11 is 0. The molecule has 1 aromatic heterocycles. The number of hydrogen-bond donors (Lipinski definition) is 2. The zero-order valence-corrected chi connectivity index (χ0v) is 11.7. The summed E-state index contributed by atoms with van der Waals surface area (Å²) in [6, 6.07) is 12.7. The van der Waals surface area contributed by atoms with E-state index in [1.165, 1.54) is 25.3 Å². The van der Waals surface area contributed by atoms with Crippen LogP contribution in [0.2, 0.25) is 0 Å². The van der Waals surface area contributed by atoms with E-state index in [0.717, 1.165) is 0 Å². The Bertz CT molecular complexity index is 701. The highest BCUT2D eigenvalue weighted by molar-refractivity contribution is 5.98. The van der Waals surface area contributed by atoms with Gasteiger partial charge in [0, 0.05) is 5.56 Å². The van der Waals surface area contributed by atoms with Crippen LogP contribution in [0.3, 0.4) is 0 Å². The van der Waals surface area contributed by atoms with Crippen LogP contribution >= 0.6 is 0 Å². The van der Waals surface area contributed by atoms with Crippen molar-refractivity contribution >= 4 is 17.8 Å². The Kier molecular flexibility index (Phi) is 4.81. The van der Waals surface area contributed by atoms with Gasteiger partial charge >= 0.3 is 5.97 Å². The predicted octanol–water partition coefficient (Wildman–Crippen LogP) is 0.943. The molecule has 0 radical (unpaired) electrons. The lowest BCUT2D eigenvalue weighted by atomic mass is 10.2. The monoisotopic (exact) mass is 299 g/mol. The number of nitrogens with one attached hydrogen (secondary N) is 2. The third kappa shape index (κ3) is 3.66. The van der Waals surface area contributed by atoms with Gasteiger partial charge in [-0.2, -0.15) is 0 Å². The molecule has 0 fully saturated rings. The number of methoxy groups -OCH3 is 1. The van der Waals surface area contributed by atoms with E-state index in [0.29, 0.717) is 5.56 Å². The zero-order valence-electron chi connectivity index (χ0n) is 11.7. The van der Waals surface area contributed by atoms with E-state index < -0.39 is 17.8 Å². The molecule has 0 saturated carbocycles. The molecule has 0 bridgehead atoms. The number of nitrogens with zero attached hydrogens (tertiary/aromatic N) is 1. The summed E-state index contributed by atoms with van der Waals surface area (Å²) in [6.07, 6.45) is 0. The smallest absolute Gasteiger partial charge is 0.356 e. The Labute approximate surface area is 126 Å². The molecule has 112 valence electrons. The summed E-state index contributed by atoms with van der Waals surface area (Å²) in [5.74, 6) is -1.75. The summed E-state index contributed by atoms with van der Waals surface area (Å²) in [6.45, 7) is 0. The first kappa shape index (κ1) is 15.2. The van der Waals surface area contributed by atoms with Gasteiger partial charge in [0.05, 0.1) is 7.11 Å². The van der Waals surface area contributed by atoms with Gasteiger partial charge in [-0.15, -0.1) is 0 Å². The number of amides is 2. The molecule has 1 heterocycles. The van der Waals surface area contributed by atoms with Gasteiger partial charge in [-0.3, -0.25) is 20.4 Å². The quantitative estimate of drug-likeness (QED) is 0.649. The summed E-state index contributed by atoms with van der Waals surface area (Å²) in [5, 5.41) is 0. The lowest BCUT2D eigenvalue weighted by molar-refractivity contribution is 0.0593. The van der Waals surface area contributed by atoms with Crippen LogP contribution in [0.4, 0.5) is 0 Å². The number of benzene rings is 1. The van der Waals surface area contributed by atoms with Gasteiger partial charge in [0.1, 0.15) is 11.4 Å². The molecule has 0 spiro atoms. The molecule has 0 aliphatic carbocycles. The van der Waals surface area contributed by atoms with Crippen molar-refractivity contribution in [3.63, 3.8) is 0 Å². The van der Waals surface area contributed by atoms with Crippen molar-refractivity contribution < 1.29 is 19.1 Å². The van der Waals surface area contributed by atoms with Gasteiger partial charge in [0.25, 0.3) is 11.8 Å². The molecule has 7 heteroatoms. The van der Waals surface area contributed by atoms with E-state index in [4.69, 9.17) is 0 Å². The molecule has 2 amide bonds. The third-order valence-electron chi connectivity index (χ3n) is 2.70. The fourth-order valence-corrected chi connectivity index (χ4v) is 1.62. The summed E-state index contributed by atoms with van der Waals surface area (Å²) in [7, 11) is 1.22. The van der Waals surface area contributed by atoms with Gasteiger partial charge in [-0.05, 0) is 24.3 Å². The Morgan fingerprint density at radius 2 is 1.50 bits per heavy atom. The minimum absolute atomic E-state index is 0.00420. The molecular weight excluding hydrogens is 286 g/mol. The van der Waals surface area contributed by atoms with E-state index in [9.17, 15) is 14.4 Å². The number of ether oxygens (including phenoxy) is 1. The number of rotatable bonds is 3. The van der Waals surface area contributed by atoms with Crippen molar-refractivity contribution in [2.45, 2.75) is 0 Å². The second-order valence-electron chi connectivity index (χ2n) is 4.17. The molecule has 0 saturated heterocycles. The highest BCUT2D eigenvalue weighted by Crippen LogP contribution is 2.01. The van der Waals surface area contributed by atoms with Gasteiger partial charge in [0.15, 0.2) is 0 Å². The van der Waals surface area contributed by atoms with Crippen molar-refractivity contribution in [3.8, 4) is 0 Å². The minimum atomic E-state index is -0.650. The first-order valence-electron chi connectivity index (χ1n) is 6.33. The minimum Gasteiger partial charge on any atom is -0.464 e. The Morgan fingerprint density at radius 3 is 2.18 bits per heavy atom. The molecule has 0 atom stereocenters. The molecule has 2 aromatic rings. The van der Waals surface area contributed by atoms with Gasteiger partial charge in [-0.1, -0.05) is 24.3 Å². The fraction of sp³-hybridized carbons (Fsp3) is 0.0667. The molecule has 1 aromatic carbocycles. The van der Waals surface area contributed by atoms with Crippen LogP contribution in [-0.4, -0.2) is 29.9 Å². The van der Waals surface area contributed by atoms with Crippen LogP contribution in [0.5, 0.6) is 0 Å². The fourth-order valence-electron chi connectivity index (χ4n) is 1.62. The first-order chi connectivity index (χ1) is 10.6. The highest BCUT2D eigenvalue weighted by Gasteiger charge is 2.13. The number of carbonyl (C=O) groups is 3. The normalized spacial score (nSPS) is 9.68. The van der Waals surface area contributed by atoms with Gasteiger partial charge in [-0.25, -0.2) is 9.78 Å². The molecule has 0 aliphatic heterocycles. The number of carbonyl (C=O) groups excluding carboxylic acids is 3. The second-order valence-corrected chi connectivity index (χ2v) is 4.17. The predicted molar refractivity (Wildman–Crippen MR) is 77.0 cm³/mol. The first-order valence-corrected chi connectivity index (χ1v) is 6.33. The Hall–Kier alpha value is -3.22. The van der Waals surface area contributed by atoms with Crippen LogP contribution in [0.15, 0.2) is 48.5 Å². The maximum absolute atomic E-state index is 11.9. The van der Waals surface area contributed by atoms with Crippen LogP contribution < -0.4 is 10.9 Å². The Morgan fingerprint density at radius 1 is 0.864 bits per heavy atom. The summed E-state index contributed by atoms with van der Waals surface area (Å²) in [5.41, 5.74) is 4.88. The van der Waals surface area contributed by atoms with E-state index in [1.54, 1.807) is 30.3 Å². The standard InChI is InChI=1S/C15H13N3O4/c1-22-15(21)12-9-5-8-11(16-12)14(20)18-17-13(19)10-6-3-2-4-7-10/h2-9H,1H3,(H,17,19)(H,18,20). The molecule has 22 heavy (non-hydrogen) atoms. The number of aromatic nitrogens is 1. The van der Waals surface area contributed by atoms with Gasteiger partial charge < -0.3 is 4.74 Å². The van der Waals surface area contributed by atoms with Crippen molar-refractivity contribution in [2.24, 2.45) is 0 Å². The Balaban J connectivity index is 2.01. The third-order valence-corrected chi connectivity index (χ3v) is 2.70. The van der Waals surface area contributed by atoms with E-state index >= 15 is 0 Å². The molecule has 7 nitrogen and oxygen atoms in total. The molecule has 0 aliphatic rings. The average Bonchev–Trinajstić information content (AvgIpc) is 2.59. The second kappa shape index (κ2) is 6.98. The zero-order chi connectivity index (χ0) is 15.9.